The number of nitrogens with zero attached hydrogens (tertiary/aromatic N) is 1. The molecule has 3 aliphatic rings. The maximum Gasteiger partial charge on any atom is 0.233 e. The number of nitrogens with one attached hydrogen (secondary N) is 2. The molecule has 3 rings (SSSR count). The van der Waals surface area contributed by atoms with E-state index in [-0.39, 0.29) is 48.1 Å². The fourth-order valence-corrected chi connectivity index (χ4v) is 5.10. The molecule has 1 heterocycles. The molecule has 0 aromatic carbocycles. The Balaban J connectivity index is 1.49. The summed E-state index contributed by atoms with van der Waals surface area (Å²) in [6.07, 6.45) is 9.94. The lowest BCUT2D eigenvalue weighted by Crippen LogP contribution is -3.16. The van der Waals surface area contributed by atoms with Crippen LogP contribution in [0.15, 0.2) is 0 Å². The number of rotatable bonds is 6. The number of fused-ring (bicyclic) bond motifs is 1. The average molecular weight is 365 g/mol. The van der Waals surface area contributed by atoms with Crippen LogP contribution < -0.4 is 10.2 Å². The van der Waals surface area contributed by atoms with Crippen molar-refractivity contribution in [2.45, 2.75) is 69.7 Å². The quantitative estimate of drug-likeness (QED) is 0.675. The second-order valence-corrected chi connectivity index (χ2v) is 8.69. The Morgan fingerprint density at radius 2 is 1.62 bits per heavy atom. The standard InChI is InChI=1S/C20H33N3O3/c1-22(2)20(11-6-3-7-12-20)14-21-17(24)10-13-23-18(25)15-8-4-5-9-16(15)19(23)26/h15-16H,3-14H2,1-2H3,(H,21,24)/p+1/t15-,16-/m1/s1. The van der Waals surface area contributed by atoms with Crippen molar-refractivity contribution in [3.8, 4) is 0 Å². The Kier molecular flexibility index (Phi) is 6.00. The summed E-state index contributed by atoms with van der Waals surface area (Å²) >= 11 is 0. The fourth-order valence-electron chi connectivity index (χ4n) is 5.10. The Bertz CT molecular complexity index is 531. The van der Waals surface area contributed by atoms with Gasteiger partial charge in [-0.15, -0.1) is 0 Å². The van der Waals surface area contributed by atoms with Crippen molar-refractivity contribution in [2.24, 2.45) is 11.8 Å². The van der Waals surface area contributed by atoms with Gasteiger partial charge in [0.2, 0.25) is 17.7 Å². The number of carbonyl (C=O) groups is 3. The summed E-state index contributed by atoms with van der Waals surface area (Å²) < 4.78 is 0. The van der Waals surface area contributed by atoms with Crippen LogP contribution in [0.2, 0.25) is 0 Å². The smallest absolute Gasteiger partial charge is 0.233 e. The zero-order valence-corrected chi connectivity index (χ0v) is 16.3. The van der Waals surface area contributed by atoms with E-state index in [9.17, 15) is 14.4 Å². The van der Waals surface area contributed by atoms with E-state index in [0.717, 1.165) is 38.5 Å². The molecule has 0 aromatic rings. The van der Waals surface area contributed by atoms with Crippen LogP contribution in [-0.2, 0) is 14.4 Å². The lowest BCUT2D eigenvalue weighted by molar-refractivity contribution is -0.916. The van der Waals surface area contributed by atoms with E-state index in [2.05, 4.69) is 19.4 Å². The van der Waals surface area contributed by atoms with Crippen molar-refractivity contribution in [1.82, 2.24) is 10.2 Å². The monoisotopic (exact) mass is 364 g/mol. The SMILES string of the molecule is C[NH+](C)C1(CNC(=O)CCN2C(=O)[C@@H]3CCCC[C@H]3C2=O)CCCCC1. The van der Waals surface area contributed by atoms with E-state index in [1.807, 2.05) is 0 Å². The molecular weight excluding hydrogens is 330 g/mol. The van der Waals surface area contributed by atoms with Crippen molar-refractivity contribution in [3.63, 3.8) is 0 Å². The molecule has 6 heteroatoms. The van der Waals surface area contributed by atoms with E-state index < -0.39 is 0 Å². The molecule has 146 valence electrons. The van der Waals surface area contributed by atoms with Gasteiger partial charge in [-0.1, -0.05) is 19.3 Å². The molecule has 0 aromatic heterocycles. The summed E-state index contributed by atoms with van der Waals surface area (Å²) in [6, 6.07) is 0. The van der Waals surface area contributed by atoms with Crippen LogP contribution in [0.4, 0.5) is 0 Å². The van der Waals surface area contributed by atoms with E-state index in [1.165, 1.54) is 29.1 Å². The Labute approximate surface area is 156 Å². The highest BCUT2D eigenvalue weighted by Crippen LogP contribution is 2.37. The maximum atomic E-state index is 12.5. The zero-order valence-electron chi connectivity index (χ0n) is 16.3. The van der Waals surface area contributed by atoms with Crippen LogP contribution in [0, 0.1) is 11.8 Å². The largest absolute Gasteiger partial charge is 0.350 e. The van der Waals surface area contributed by atoms with Gasteiger partial charge in [-0.05, 0) is 25.7 Å². The van der Waals surface area contributed by atoms with Gasteiger partial charge in [-0.25, -0.2) is 0 Å². The van der Waals surface area contributed by atoms with E-state index in [1.54, 1.807) is 0 Å². The fraction of sp³-hybridized carbons (Fsp3) is 0.850. The molecule has 0 radical (unpaired) electrons. The van der Waals surface area contributed by atoms with E-state index in [4.69, 9.17) is 0 Å². The molecular formula is C20H34N3O3+. The van der Waals surface area contributed by atoms with Crippen LogP contribution in [0.25, 0.3) is 0 Å². The van der Waals surface area contributed by atoms with Crippen molar-refractivity contribution in [1.29, 1.82) is 0 Å². The average Bonchev–Trinajstić information content (AvgIpc) is 2.90. The van der Waals surface area contributed by atoms with E-state index >= 15 is 0 Å². The lowest BCUT2D eigenvalue weighted by Gasteiger charge is -2.39. The number of hydrogen-bond acceptors (Lipinski definition) is 3. The second-order valence-electron chi connectivity index (χ2n) is 8.69. The van der Waals surface area contributed by atoms with Crippen LogP contribution in [-0.4, -0.2) is 55.3 Å². The van der Waals surface area contributed by atoms with Gasteiger partial charge in [0.05, 0.1) is 32.5 Å². The summed E-state index contributed by atoms with van der Waals surface area (Å²) in [6.45, 7) is 0.916. The molecule has 2 aliphatic carbocycles. The van der Waals surface area contributed by atoms with Gasteiger partial charge in [-0.2, -0.15) is 0 Å². The first-order valence-corrected chi connectivity index (χ1v) is 10.4. The number of likely N-dealkylation sites (N-methyl/N-ethyl adjacent to an activating group) is 1. The highest BCUT2D eigenvalue weighted by Gasteiger charge is 2.48. The molecule has 1 saturated heterocycles. The molecule has 0 bridgehead atoms. The summed E-state index contributed by atoms with van der Waals surface area (Å²) in [5, 5.41) is 3.08. The Hall–Kier alpha value is -1.43. The van der Waals surface area contributed by atoms with Crippen molar-refractivity contribution >= 4 is 17.7 Å². The third-order valence-electron chi connectivity index (χ3n) is 6.99. The lowest BCUT2D eigenvalue weighted by atomic mass is 9.80. The van der Waals surface area contributed by atoms with Gasteiger partial charge in [0.1, 0.15) is 5.54 Å². The van der Waals surface area contributed by atoms with Crippen molar-refractivity contribution in [3.05, 3.63) is 0 Å². The number of carbonyl (C=O) groups excluding carboxylic acids is 3. The first-order valence-electron chi connectivity index (χ1n) is 10.4. The minimum absolute atomic E-state index is 0.0472. The van der Waals surface area contributed by atoms with Gasteiger partial charge in [-0.3, -0.25) is 19.3 Å². The molecule has 2 atom stereocenters. The number of amides is 3. The Morgan fingerprint density at radius 3 is 2.15 bits per heavy atom. The predicted octanol–water partition coefficient (Wildman–Crippen LogP) is 0.515. The van der Waals surface area contributed by atoms with Crippen LogP contribution >= 0.6 is 0 Å². The van der Waals surface area contributed by atoms with E-state index in [0.29, 0.717) is 6.54 Å². The van der Waals surface area contributed by atoms with Crippen molar-refractivity contribution < 1.29 is 19.3 Å². The van der Waals surface area contributed by atoms with Gasteiger partial charge in [0.25, 0.3) is 0 Å². The normalized spacial score (nSPS) is 28.3. The summed E-state index contributed by atoms with van der Waals surface area (Å²) in [5.41, 5.74) is 0.127. The summed E-state index contributed by atoms with van der Waals surface area (Å²) in [5.74, 6) is -0.390. The molecule has 2 saturated carbocycles. The molecule has 3 amide bonds. The predicted molar refractivity (Wildman–Crippen MR) is 98.4 cm³/mol. The van der Waals surface area contributed by atoms with Crippen LogP contribution in [0.1, 0.15) is 64.2 Å². The van der Waals surface area contributed by atoms with Gasteiger partial charge >= 0.3 is 0 Å². The minimum Gasteiger partial charge on any atom is -0.350 e. The number of likely N-dealkylation sites (tertiary alicyclic amines) is 1. The third kappa shape index (κ3) is 3.80. The van der Waals surface area contributed by atoms with Crippen LogP contribution in [0.5, 0.6) is 0 Å². The first kappa shape index (κ1) is 19.3. The van der Waals surface area contributed by atoms with Gasteiger partial charge < -0.3 is 10.2 Å². The van der Waals surface area contributed by atoms with Gasteiger partial charge in [0.15, 0.2) is 0 Å². The molecule has 6 nitrogen and oxygen atoms in total. The first-order chi connectivity index (χ1) is 12.4. The molecule has 1 aliphatic heterocycles. The van der Waals surface area contributed by atoms with Crippen molar-refractivity contribution in [2.75, 3.05) is 27.2 Å². The van der Waals surface area contributed by atoms with Gasteiger partial charge in [0, 0.05) is 25.8 Å². The molecule has 0 unspecified atom stereocenters. The Morgan fingerprint density at radius 1 is 1.04 bits per heavy atom. The number of imide groups is 1. The summed E-state index contributed by atoms with van der Waals surface area (Å²) in [7, 11) is 4.33. The zero-order chi connectivity index (χ0) is 18.7. The van der Waals surface area contributed by atoms with Crippen LogP contribution in [0.3, 0.4) is 0 Å². The molecule has 3 fully saturated rings. The third-order valence-corrected chi connectivity index (χ3v) is 6.99. The highest BCUT2D eigenvalue weighted by atomic mass is 16.2. The number of hydrogen-bond donors (Lipinski definition) is 2. The molecule has 0 spiro atoms. The minimum atomic E-state index is -0.123. The molecule has 2 N–H and O–H groups in total. The second kappa shape index (κ2) is 8.07. The highest BCUT2D eigenvalue weighted by molar-refractivity contribution is 6.05. The molecule has 26 heavy (non-hydrogen) atoms. The summed E-state index contributed by atoms with van der Waals surface area (Å²) in [4.78, 5) is 40.1. The topological polar surface area (TPSA) is 70.9 Å². The number of quaternary nitrogens is 1. The maximum absolute atomic E-state index is 12.5.